The van der Waals surface area contributed by atoms with E-state index >= 15 is 0 Å². The second-order valence-corrected chi connectivity index (χ2v) is 6.37. The van der Waals surface area contributed by atoms with E-state index < -0.39 is 0 Å². The van der Waals surface area contributed by atoms with E-state index in [9.17, 15) is 4.39 Å². The molecule has 20 heavy (non-hydrogen) atoms. The molecule has 1 saturated carbocycles. The van der Waals surface area contributed by atoms with Crippen LogP contribution in [0.3, 0.4) is 0 Å². The van der Waals surface area contributed by atoms with E-state index in [0.717, 1.165) is 6.42 Å². The van der Waals surface area contributed by atoms with E-state index in [1.807, 2.05) is 12.1 Å². The average molecular weight is 274 g/mol. The Morgan fingerprint density at radius 3 is 2.40 bits per heavy atom. The van der Waals surface area contributed by atoms with Crippen LogP contribution in [0.15, 0.2) is 36.4 Å². The van der Waals surface area contributed by atoms with Gasteiger partial charge < -0.3 is 0 Å². The summed E-state index contributed by atoms with van der Waals surface area (Å²) in [4.78, 5) is 0. The highest BCUT2D eigenvalue weighted by Gasteiger charge is 2.32. The van der Waals surface area contributed by atoms with Gasteiger partial charge in [-0.05, 0) is 48.3 Å². The number of hydrogen-bond acceptors (Lipinski definition) is 0. The number of allylic oxidation sites excluding steroid dienone is 2. The lowest BCUT2D eigenvalue weighted by atomic mass is 9.67. The van der Waals surface area contributed by atoms with Crippen molar-refractivity contribution in [3.63, 3.8) is 0 Å². The van der Waals surface area contributed by atoms with Crippen LogP contribution >= 0.6 is 0 Å². The maximum atomic E-state index is 13.2. The Kier molecular flexibility index (Phi) is 5.39. The van der Waals surface area contributed by atoms with E-state index in [1.165, 1.54) is 44.1 Å². The maximum Gasteiger partial charge on any atom is 0.123 e. The third-order valence-corrected chi connectivity index (χ3v) is 4.88. The second kappa shape index (κ2) is 7.06. The fraction of sp³-hybridized carbons (Fsp3) is 0.579. The van der Waals surface area contributed by atoms with Crippen LogP contribution in [0.25, 0.3) is 0 Å². The van der Waals surface area contributed by atoms with Crippen LogP contribution in [-0.4, -0.2) is 0 Å². The third kappa shape index (κ3) is 3.71. The van der Waals surface area contributed by atoms with Crippen LogP contribution in [0, 0.1) is 11.7 Å². The van der Waals surface area contributed by atoms with Crippen LogP contribution in [0.4, 0.5) is 4.39 Å². The molecule has 0 saturated heterocycles. The molecule has 2 rings (SSSR count). The first-order valence-electron chi connectivity index (χ1n) is 8.09. The first-order valence-corrected chi connectivity index (χ1v) is 8.09. The lowest BCUT2D eigenvalue weighted by molar-refractivity contribution is 0.294. The van der Waals surface area contributed by atoms with Gasteiger partial charge in [0.25, 0.3) is 0 Å². The summed E-state index contributed by atoms with van der Waals surface area (Å²) in [7, 11) is 0. The van der Waals surface area contributed by atoms with Gasteiger partial charge in [-0.1, -0.05) is 63.8 Å². The topological polar surface area (TPSA) is 0 Å². The summed E-state index contributed by atoms with van der Waals surface area (Å²) < 4.78 is 13.2. The van der Waals surface area contributed by atoms with Crippen LogP contribution in [-0.2, 0) is 5.41 Å². The molecule has 0 bridgehead atoms. The first kappa shape index (κ1) is 15.3. The fourth-order valence-corrected chi connectivity index (χ4v) is 3.30. The molecule has 0 amide bonds. The van der Waals surface area contributed by atoms with E-state index in [1.54, 1.807) is 12.1 Å². The highest BCUT2D eigenvalue weighted by Crippen LogP contribution is 2.42. The largest absolute Gasteiger partial charge is 0.207 e. The Hall–Kier alpha value is -1.11. The Bertz CT molecular complexity index is 424. The molecule has 0 spiro atoms. The van der Waals surface area contributed by atoms with Crippen molar-refractivity contribution in [2.24, 2.45) is 5.92 Å². The van der Waals surface area contributed by atoms with Crippen molar-refractivity contribution in [1.29, 1.82) is 0 Å². The van der Waals surface area contributed by atoms with Gasteiger partial charge in [-0.2, -0.15) is 0 Å². The smallest absolute Gasteiger partial charge is 0.123 e. The first-order chi connectivity index (χ1) is 9.66. The predicted octanol–water partition coefficient (Wildman–Crippen LogP) is 6.02. The molecule has 1 unspecified atom stereocenters. The molecule has 1 atom stereocenters. The van der Waals surface area contributed by atoms with Crippen molar-refractivity contribution < 1.29 is 4.39 Å². The van der Waals surface area contributed by atoms with Gasteiger partial charge in [0, 0.05) is 0 Å². The number of benzene rings is 1. The highest BCUT2D eigenvalue weighted by atomic mass is 19.1. The summed E-state index contributed by atoms with van der Waals surface area (Å²) in [6.45, 7) is 4.49. The van der Waals surface area contributed by atoms with Crippen molar-refractivity contribution in [2.45, 2.75) is 64.2 Å². The van der Waals surface area contributed by atoms with Gasteiger partial charge in [0.05, 0.1) is 0 Å². The maximum absolute atomic E-state index is 13.2. The van der Waals surface area contributed by atoms with Gasteiger partial charge in [-0.3, -0.25) is 0 Å². The molecule has 1 aromatic carbocycles. The molecule has 0 aliphatic heterocycles. The van der Waals surface area contributed by atoms with Crippen LogP contribution in [0.2, 0.25) is 0 Å². The van der Waals surface area contributed by atoms with E-state index in [-0.39, 0.29) is 11.2 Å². The summed E-state index contributed by atoms with van der Waals surface area (Å²) in [6.07, 6.45) is 13.4. The van der Waals surface area contributed by atoms with E-state index in [0.29, 0.717) is 5.92 Å². The van der Waals surface area contributed by atoms with Gasteiger partial charge in [-0.25, -0.2) is 4.39 Å². The van der Waals surface area contributed by atoms with Gasteiger partial charge in [-0.15, -0.1) is 0 Å². The molecule has 0 aromatic heterocycles. The van der Waals surface area contributed by atoms with Crippen LogP contribution < -0.4 is 0 Å². The van der Waals surface area contributed by atoms with Crippen molar-refractivity contribution >= 4 is 0 Å². The van der Waals surface area contributed by atoms with E-state index in [4.69, 9.17) is 0 Å². The van der Waals surface area contributed by atoms with Crippen molar-refractivity contribution in [3.8, 4) is 0 Å². The summed E-state index contributed by atoms with van der Waals surface area (Å²) in [5.41, 5.74) is 1.57. The fourth-order valence-electron chi connectivity index (χ4n) is 3.30. The Balaban J connectivity index is 2.17. The summed E-state index contributed by atoms with van der Waals surface area (Å²) in [5, 5.41) is 0. The Labute approximate surface area is 123 Å². The molecule has 110 valence electrons. The molecule has 0 heterocycles. The summed E-state index contributed by atoms with van der Waals surface area (Å²) in [6, 6.07) is 7.23. The molecule has 1 aliphatic carbocycles. The molecule has 0 N–H and O–H groups in total. The highest BCUT2D eigenvalue weighted by molar-refractivity contribution is 5.27. The van der Waals surface area contributed by atoms with Gasteiger partial charge in [0.2, 0.25) is 0 Å². The summed E-state index contributed by atoms with van der Waals surface area (Å²) in [5.74, 6) is 0.527. The number of hydrogen-bond donors (Lipinski definition) is 0. The minimum Gasteiger partial charge on any atom is -0.207 e. The van der Waals surface area contributed by atoms with E-state index in [2.05, 4.69) is 26.0 Å². The molecule has 1 heteroatoms. The molecule has 0 radical (unpaired) electrons. The Morgan fingerprint density at radius 1 is 1.15 bits per heavy atom. The van der Waals surface area contributed by atoms with Crippen molar-refractivity contribution in [3.05, 3.63) is 47.8 Å². The molecular formula is C19H27F. The molecule has 0 nitrogen and oxygen atoms in total. The van der Waals surface area contributed by atoms with Crippen LogP contribution in [0.5, 0.6) is 0 Å². The van der Waals surface area contributed by atoms with Crippen molar-refractivity contribution in [1.82, 2.24) is 0 Å². The lowest BCUT2D eigenvalue weighted by Gasteiger charge is -2.37. The molecule has 1 aromatic rings. The third-order valence-electron chi connectivity index (χ3n) is 4.88. The normalized spacial score (nSPS) is 20.1. The quantitative estimate of drug-likeness (QED) is 0.576. The molecule has 1 aliphatic rings. The van der Waals surface area contributed by atoms with Crippen LogP contribution in [0.1, 0.15) is 64.4 Å². The lowest BCUT2D eigenvalue weighted by Crippen LogP contribution is -2.28. The zero-order chi connectivity index (χ0) is 14.4. The van der Waals surface area contributed by atoms with Gasteiger partial charge in [0.1, 0.15) is 5.82 Å². The average Bonchev–Trinajstić information content (AvgIpc) is 2.48. The second-order valence-electron chi connectivity index (χ2n) is 6.37. The zero-order valence-corrected chi connectivity index (χ0v) is 12.9. The Morgan fingerprint density at radius 2 is 1.80 bits per heavy atom. The SMILES string of the molecule is CCC(C)/C=C/CC1(c2ccc(F)cc2)CCCCC1. The molecular weight excluding hydrogens is 247 g/mol. The standard InChI is InChI=1S/C19H27F/c1-3-16(2)8-7-15-19(13-5-4-6-14-19)17-9-11-18(20)12-10-17/h7-12,16H,3-6,13-15H2,1-2H3/b8-7+. The predicted molar refractivity (Wildman–Crippen MR) is 84.4 cm³/mol. The van der Waals surface area contributed by atoms with Gasteiger partial charge >= 0.3 is 0 Å². The molecule has 1 fully saturated rings. The summed E-state index contributed by atoms with van der Waals surface area (Å²) >= 11 is 0. The minimum atomic E-state index is -0.130. The van der Waals surface area contributed by atoms with Crippen molar-refractivity contribution in [2.75, 3.05) is 0 Å². The zero-order valence-electron chi connectivity index (χ0n) is 12.9. The number of rotatable bonds is 5. The monoisotopic (exact) mass is 274 g/mol. The van der Waals surface area contributed by atoms with Gasteiger partial charge in [0.15, 0.2) is 0 Å². The number of halogens is 1. The minimum absolute atomic E-state index is 0.130.